The van der Waals surface area contributed by atoms with Gasteiger partial charge >= 0.3 is 0 Å². The third-order valence-electron chi connectivity index (χ3n) is 2.89. The molecular formula is C15H16N4OS. The van der Waals surface area contributed by atoms with Crippen molar-refractivity contribution in [2.75, 3.05) is 11.4 Å². The Balaban J connectivity index is 2.27. The van der Waals surface area contributed by atoms with Crippen LogP contribution in [0.5, 0.6) is 0 Å². The fourth-order valence-electron chi connectivity index (χ4n) is 1.85. The molecule has 5 nitrogen and oxygen atoms in total. The number of rotatable bonds is 5. The molecule has 0 aliphatic carbocycles. The first kappa shape index (κ1) is 15.2. The summed E-state index contributed by atoms with van der Waals surface area (Å²) in [4.78, 5) is 18.5. The summed E-state index contributed by atoms with van der Waals surface area (Å²) in [6.07, 6.45) is 0.269. The molecule has 0 saturated heterocycles. The van der Waals surface area contributed by atoms with Gasteiger partial charge in [0, 0.05) is 17.6 Å². The van der Waals surface area contributed by atoms with E-state index in [4.69, 9.17) is 11.0 Å². The summed E-state index contributed by atoms with van der Waals surface area (Å²) in [5, 5.41) is 11.2. The molecule has 1 aromatic carbocycles. The van der Waals surface area contributed by atoms with Crippen LogP contribution < -0.4 is 10.6 Å². The molecule has 2 N–H and O–H groups in total. The molecule has 6 heteroatoms. The van der Waals surface area contributed by atoms with E-state index in [1.807, 2.05) is 37.3 Å². The first-order valence-corrected chi connectivity index (χ1v) is 7.46. The van der Waals surface area contributed by atoms with Gasteiger partial charge in [-0.1, -0.05) is 18.2 Å². The van der Waals surface area contributed by atoms with E-state index in [1.165, 1.54) is 11.3 Å². The Morgan fingerprint density at radius 1 is 1.48 bits per heavy atom. The second-order valence-corrected chi connectivity index (χ2v) is 5.45. The summed E-state index contributed by atoms with van der Waals surface area (Å²) in [5.74, 6) is -0.209. The molecule has 2 rings (SSSR count). The molecular weight excluding hydrogens is 284 g/mol. The molecule has 0 fully saturated rings. The van der Waals surface area contributed by atoms with Crippen molar-refractivity contribution in [2.45, 2.75) is 19.4 Å². The van der Waals surface area contributed by atoms with E-state index in [1.54, 1.807) is 10.3 Å². The van der Waals surface area contributed by atoms with Gasteiger partial charge in [0.15, 0.2) is 0 Å². The minimum atomic E-state index is -0.209. The predicted octanol–water partition coefficient (Wildman–Crippen LogP) is 2.72. The number of anilines is 1. The molecule has 21 heavy (non-hydrogen) atoms. The van der Waals surface area contributed by atoms with E-state index in [9.17, 15) is 4.79 Å². The number of nitriles is 1. The molecule has 0 radical (unpaired) electrons. The number of hydrogen-bond donors (Lipinski definition) is 1. The van der Waals surface area contributed by atoms with Gasteiger partial charge in [0.2, 0.25) is 0 Å². The second kappa shape index (κ2) is 6.97. The van der Waals surface area contributed by atoms with Crippen molar-refractivity contribution in [3.8, 4) is 6.07 Å². The smallest absolute Gasteiger partial charge is 0.277 e. The highest BCUT2D eigenvalue weighted by atomic mass is 32.1. The van der Waals surface area contributed by atoms with Crippen molar-refractivity contribution in [3.63, 3.8) is 0 Å². The Kier molecular flexibility index (Phi) is 5.04. The summed E-state index contributed by atoms with van der Waals surface area (Å²) in [7, 11) is 0. The number of carbonyl (C=O) groups excluding carboxylic acids is 1. The van der Waals surface area contributed by atoms with Crippen LogP contribution in [0.15, 0.2) is 35.7 Å². The van der Waals surface area contributed by atoms with Crippen LogP contribution in [-0.2, 0) is 0 Å². The van der Waals surface area contributed by atoms with Crippen LogP contribution in [0.1, 0.15) is 34.9 Å². The highest BCUT2D eigenvalue weighted by Gasteiger charge is 2.20. The fraction of sp³-hybridized carbons (Fsp3) is 0.267. The lowest BCUT2D eigenvalue weighted by molar-refractivity contribution is 0.0983. The standard InChI is InChI=1S/C15H16N4OS/c1-11(17)14-18-13(10-21-14)15(20)19(9-5-8-16)12-6-3-2-4-7-12/h2-4,6-7,10-11H,5,9,17H2,1H3. The number of nitrogens with two attached hydrogens (primary N) is 1. The summed E-state index contributed by atoms with van der Waals surface area (Å²) >= 11 is 1.37. The van der Waals surface area contributed by atoms with E-state index in [0.717, 1.165) is 10.7 Å². The van der Waals surface area contributed by atoms with Crippen LogP contribution >= 0.6 is 11.3 Å². The fourth-order valence-corrected chi connectivity index (χ4v) is 2.60. The number of carbonyl (C=O) groups is 1. The number of thiazole rings is 1. The van der Waals surface area contributed by atoms with E-state index < -0.39 is 0 Å². The van der Waals surface area contributed by atoms with Crippen molar-refractivity contribution >= 4 is 22.9 Å². The van der Waals surface area contributed by atoms with Crippen LogP contribution in [0.4, 0.5) is 5.69 Å². The van der Waals surface area contributed by atoms with Gasteiger partial charge in [-0.3, -0.25) is 4.79 Å². The number of aromatic nitrogens is 1. The van der Waals surface area contributed by atoms with Gasteiger partial charge in [-0.05, 0) is 19.1 Å². The molecule has 1 aromatic heterocycles. The molecule has 0 bridgehead atoms. The van der Waals surface area contributed by atoms with Gasteiger partial charge in [0.05, 0.1) is 18.5 Å². The maximum Gasteiger partial charge on any atom is 0.277 e. The molecule has 0 saturated carbocycles. The largest absolute Gasteiger partial charge is 0.322 e. The van der Waals surface area contributed by atoms with Gasteiger partial charge in [-0.2, -0.15) is 5.26 Å². The SMILES string of the molecule is CC(N)c1nc(C(=O)N(CCC#N)c2ccccc2)cs1. The zero-order valence-corrected chi connectivity index (χ0v) is 12.5. The highest BCUT2D eigenvalue weighted by molar-refractivity contribution is 7.09. The van der Waals surface area contributed by atoms with E-state index in [-0.39, 0.29) is 18.4 Å². The quantitative estimate of drug-likeness (QED) is 0.920. The van der Waals surface area contributed by atoms with Crippen molar-refractivity contribution in [2.24, 2.45) is 5.73 Å². The number of para-hydroxylation sites is 1. The Morgan fingerprint density at radius 2 is 2.19 bits per heavy atom. The van der Waals surface area contributed by atoms with Gasteiger partial charge in [0.1, 0.15) is 10.7 Å². The number of amides is 1. The zero-order chi connectivity index (χ0) is 15.2. The normalized spacial score (nSPS) is 11.7. The highest BCUT2D eigenvalue weighted by Crippen LogP contribution is 2.20. The van der Waals surface area contributed by atoms with Crippen molar-refractivity contribution in [3.05, 3.63) is 46.4 Å². The van der Waals surface area contributed by atoms with E-state index in [2.05, 4.69) is 11.1 Å². The van der Waals surface area contributed by atoms with Gasteiger partial charge < -0.3 is 10.6 Å². The Hall–Kier alpha value is -2.23. The second-order valence-electron chi connectivity index (χ2n) is 4.56. The first-order chi connectivity index (χ1) is 10.1. The average molecular weight is 300 g/mol. The topological polar surface area (TPSA) is 83.0 Å². The molecule has 1 atom stereocenters. The van der Waals surface area contributed by atoms with E-state index >= 15 is 0 Å². The molecule has 0 aliphatic rings. The van der Waals surface area contributed by atoms with Crippen LogP contribution in [0.3, 0.4) is 0 Å². The number of nitrogens with zero attached hydrogens (tertiary/aromatic N) is 3. The van der Waals surface area contributed by atoms with Gasteiger partial charge in [-0.15, -0.1) is 11.3 Å². The van der Waals surface area contributed by atoms with Crippen molar-refractivity contribution in [1.29, 1.82) is 5.26 Å². The maximum absolute atomic E-state index is 12.6. The molecule has 2 aromatic rings. The Labute approximate surface area is 127 Å². The van der Waals surface area contributed by atoms with Gasteiger partial charge in [-0.25, -0.2) is 4.98 Å². The average Bonchev–Trinajstić information content (AvgIpc) is 2.98. The minimum Gasteiger partial charge on any atom is -0.322 e. The van der Waals surface area contributed by atoms with Gasteiger partial charge in [0.25, 0.3) is 5.91 Å². The summed E-state index contributed by atoms with van der Waals surface area (Å²) < 4.78 is 0. The minimum absolute atomic E-state index is 0.194. The van der Waals surface area contributed by atoms with Crippen LogP contribution in [-0.4, -0.2) is 17.4 Å². The van der Waals surface area contributed by atoms with Crippen molar-refractivity contribution < 1.29 is 4.79 Å². The molecule has 1 heterocycles. The van der Waals surface area contributed by atoms with Crippen LogP contribution in [0.25, 0.3) is 0 Å². The predicted molar refractivity (Wildman–Crippen MR) is 83.1 cm³/mol. The van der Waals surface area contributed by atoms with Crippen molar-refractivity contribution in [1.82, 2.24) is 4.98 Å². The molecule has 1 unspecified atom stereocenters. The number of benzene rings is 1. The third kappa shape index (κ3) is 3.66. The first-order valence-electron chi connectivity index (χ1n) is 6.58. The Bertz CT molecular complexity index is 645. The van der Waals surface area contributed by atoms with Crippen LogP contribution in [0, 0.1) is 11.3 Å². The van der Waals surface area contributed by atoms with Crippen LogP contribution in [0.2, 0.25) is 0 Å². The summed E-state index contributed by atoms with van der Waals surface area (Å²) in [6, 6.07) is 11.2. The lowest BCUT2D eigenvalue weighted by Crippen LogP contribution is -2.32. The third-order valence-corrected chi connectivity index (χ3v) is 3.94. The Morgan fingerprint density at radius 3 is 2.76 bits per heavy atom. The molecule has 0 aliphatic heterocycles. The lowest BCUT2D eigenvalue weighted by atomic mass is 10.2. The monoisotopic (exact) mass is 300 g/mol. The van der Waals surface area contributed by atoms with E-state index in [0.29, 0.717) is 12.2 Å². The molecule has 108 valence electrons. The molecule has 1 amide bonds. The zero-order valence-electron chi connectivity index (χ0n) is 11.7. The summed E-state index contributed by atoms with van der Waals surface area (Å²) in [5.41, 5.74) is 6.90. The summed E-state index contributed by atoms with van der Waals surface area (Å²) in [6.45, 7) is 2.17. The maximum atomic E-state index is 12.6. The lowest BCUT2D eigenvalue weighted by Gasteiger charge is -2.20. The molecule has 0 spiro atoms. The number of hydrogen-bond acceptors (Lipinski definition) is 5.